The van der Waals surface area contributed by atoms with Gasteiger partial charge in [0.15, 0.2) is 0 Å². The zero-order chi connectivity index (χ0) is 40.8. The van der Waals surface area contributed by atoms with Crippen molar-refractivity contribution in [1.82, 2.24) is 40.4 Å². The topological polar surface area (TPSA) is 197 Å². The number of rotatable bonds is 12. The summed E-state index contributed by atoms with van der Waals surface area (Å²) in [5, 5.41) is 23.7. The molecule has 298 valence electrons. The Morgan fingerprint density at radius 2 is 1.03 bits per heavy atom. The minimum Gasteiger partial charge on any atom is -0.465 e. The molecular formula is C44H46N8O6. The molecule has 0 saturated carbocycles. The van der Waals surface area contributed by atoms with Crippen molar-refractivity contribution < 1.29 is 29.4 Å². The van der Waals surface area contributed by atoms with E-state index in [0.29, 0.717) is 60.1 Å². The number of aromatic amines is 2. The normalized spacial score (nSPS) is 17.8. The summed E-state index contributed by atoms with van der Waals surface area (Å²) < 4.78 is 0. The highest BCUT2D eigenvalue weighted by molar-refractivity contribution is 5.88. The molecule has 4 atom stereocenters. The third-order valence-corrected chi connectivity index (χ3v) is 11.0. The maximum Gasteiger partial charge on any atom is 0.405 e. The summed E-state index contributed by atoms with van der Waals surface area (Å²) in [5.74, 6) is 0.687. The third-order valence-electron chi connectivity index (χ3n) is 11.0. The van der Waals surface area contributed by atoms with Gasteiger partial charge in [0.25, 0.3) is 11.8 Å². The van der Waals surface area contributed by atoms with Gasteiger partial charge in [-0.3, -0.25) is 9.59 Å². The fourth-order valence-electron chi connectivity index (χ4n) is 7.86. The van der Waals surface area contributed by atoms with Crippen LogP contribution in [0.1, 0.15) is 106 Å². The lowest BCUT2D eigenvalue weighted by Crippen LogP contribution is -2.42. The maximum atomic E-state index is 13.7. The number of aromatic nitrogens is 4. The molecule has 5 aromatic rings. The molecule has 4 heterocycles. The van der Waals surface area contributed by atoms with Gasteiger partial charge in [-0.1, -0.05) is 84.9 Å². The quantitative estimate of drug-likeness (QED) is 0.0751. The van der Waals surface area contributed by atoms with Gasteiger partial charge in [-0.05, 0) is 85.1 Å². The van der Waals surface area contributed by atoms with E-state index in [1.54, 1.807) is 58.3 Å². The summed E-state index contributed by atoms with van der Waals surface area (Å²) in [5.41, 5.74) is 6.85. The van der Waals surface area contributed by atoms with Crippen LogP contribution in [0.4, 0.5) is 9.59 Å². The predicted octanol–water partition coefficient (Wildman–Crippen LogP) is 7.44. The maximum absolute atomic E-state index is 13.7. The van der Waals surface area contributed by atoms with E-state index >= 15 is 0 Å². The van der Waals surface area contributed by atoms with Gasteiger partial charge >= 0.3 is 12.2 Å². The van der Waals surface area contributed by atoms with Crippen LogP contribution in [0.5, 0.6) is 0 Å². The highest BCUT2D eigenvalue weighted by Gasteiger charge is 2.38. The van der Waals surface area contributed by atoms with E-state index in [1.165, 1.54) is 0 Å². The van der Waals surface area contributed by atoms with Crippen molar-refractivity contribution in [3.8, 4) is 0 Å². The molecule has 7 rings (SSSR count). The molecular weight excluding hydrogens is 737 g/mol. The number of benzene rings is 3. The molecule has 6 N–H and O–H groups in total. The first-order chi connectivity index (χ1) is 28.1. The summed E-state index contributed by atoms with van der Waals surface area (Å²) in [6.45, 7) is 5.15. The zero-order valence-electron chi connectivity index (χ0n) is 32.3. The van der Waals surface area contributed by atoms with Crippen molar-refractivity contribution in [2.75, 3.05) is 13.1 Å². The molecule has 14 nitrogen and oxygen atoms in total. The molecule has 2 aromatic heterocycles. The van der Waals surface area contributed by atoms with Gasteiger partial charge in [0.05, 0.1) is 23.5 Å². The molecule has 4 amide bonds. The van der Waals surface area contributed by atoms with Crippen LogP contribution in [0, 0.1) is 13.8 Å². The summed E-state index contributed by atoms with van der Waals surface area (Å²) in [7, 11) is 0. The summed E-state index contributed by atoms with van der Waals surface area (Å²) in [6, 6.07) is 19.2. The Morgan fingerprint density at radius 1 is 0.638 bits per heavy atom. The number of imidazole rings is 2. The number of likely N-dealkylation sites (tertiary alicyclic amines) is 2. The van der Waals surface area contributed by atoms with Crippen LogP contribution >= 0.6 is 0 Å². The predicted molar refractivity (Wildman–Crippen MR) is 219 cm³/mol. The van der Waals surface area contributed by atoms with Gasteiger partial charge in [0.2, 0.25) is 0 Å². The van der Waals surface area contributed by atoms with Gasteiger partial charge in [-0.25, -0.2) is 19.6 Å². The summed E-state index contributed by atoms with van der Waals surface area (Å²) in [4.78, 5) is 70.1. The van der Waals surface area contributed by atoms with E-state index < -0.39 is 24.3 Å². The molecule has 14 heteroatoms. The van der Waals surface area contributed by atoms with E-state index in [0.717, 1.165) is 35.1 Å². The fourth-order valence-corrected chi connectivity index (χ4v) is 7.86. The number of carbonyl (C=O) groups is 4. The fraction of sp³-hybridized carbons (Fsp3) is 0.273. The highest BCUT2D eigenvalue weighted by Crippen LogP contribution is 2.35. The largest absolute Gasteiger partial charge is 0.465 e. The molecule has 2 aliphatic heterocycles. The standard InChI is InChI=1S/C44H46N8O6/c1-27-28(2)30(20-22-34-26-46-40(48-34)36-16-10-24-52(36)42(54)38(50-44(57)58)32-13-7-4-8-14-32)18-17-29(27)19-21-33-25-45-39(47-33)35-15-9-23-51(35)41(53)37(49-43(55)56)31-11-5-3-6-12-31/h3-8,11-14,17-22,25-26,35-38,49-50H,9-10,15-16,23-24H2,1-2H3,(H,45,47)(H,46,48)(H,55,56)(H,57,58)/b21-19+,22-20+/t35-,36?,37+,38?/m0/s1. The first-order valence-electron chi connectivity index (χ1n) is 19.3. The molecule has 2 fully saturated rings. The molecule has 0 radical (unpaired) electrons. The van der Waals surface area contributed by atoms with Crippen LogP contribution in [0.25, 0.3) is 24.3 Å². The van der Waals surface area contributed by atoms with Crippen molar-refractivity contribution in [1.29, 1.82) is 0 Å². The molecule has 3 aromatic carbocycles. The Morgan fingerprint density at radius 3 is 1.41 bits per heavy atom. The Hall–Kier alpha value is -6.96. The number of hydrogen-bond acceptors (Lipinski definition) is 6. The number of carboxylic acid groups (broad SMARTS) is 2. The van der Waals surface area contributed by atoms with Crippen LogP contribution in [-0.4, -0.2) is 77.0 Å². The second-order valence-electron chi connectivity index (χ2n) is 14.5. The van der Waals surface area contributed by atoms with Crippen LogP contribution in [0.3, 0.4) is 0 Å². The monoisotopic (exact) mass is 782 g/mol. The number of H-pyrrole nitrogens is 2. The van der Waals surface area contributed by atoms with Gasteiger partial charge in [-0.2, -0.15) is 0 Å². The number of nitrogens with one attached hydrogen (secondary N) is 4. The smallest absolute Gasteiger partial charge is 0.405 e. The molecule has 0 bridgehead atoms. The lowest BCUT2D eigenvalue weighted by Gasteiger charge is -2.28. The zero-order valence-corrected chi connectivity index (χ0v) is 32.3. The van der Waals surface area contributed by atoms with E-state index in [4.69, 9.17) is 9.97 Å². The Balaban J connectivity index is 1.01. The van der Waals surface area contributed by atoms with Gasteiger partial charge in [0, 0.05) is 25.5 Å². The van der Waals surface area contributed by atoms with Crippen molar-refractivity contribution in [3.63, 3.8) is 0 Å². The molecule has 2 saturated heterocycles. The second kappa shape index (κ2) is 17.5. The van der Waals surface area contributed by atoms with Crippen LogP contribution < -0.4 is 10.6 Å². The second-order valence-corrected chi connectivity index (χ2v) is 14.5. The van der Waals surface area contributed by atoms with Crippen LogP contribution in [0.2, 0.25) is 0 Å². The minimum atomic E-state index is -1.26. The lowest BCUT2D eigenvalue weighted by atomic mass is 9.97. The minimum absolute atomic E-state index is 0.301. The number of nitrogens with zero attached hydrogens (tertiary/aromatic N) is 4. The van der Waals surface area contributed by atoms with Crippen molar-refractivity contribution in [2.45, 2.75) is 63.7 Å². The number of amides is 4. The number of carbonyl (C=O) groups excluding carboxylic acids is 2. The first kappa shape index (κ1) is 39.3. The van der Waals surface area contributed by atoms with E-state index in [9.17, 15) is 29.4 Å². The number of hydrogen-bond donors (Lipinski definition) is 6. The summed E-state index contributed by atoms with van der Waals surface area (Å²) in [6.07, 6.45) is 12.0. The lowest BCUT2D eigenvalue weighted by molar-refractivity contribution is -0.135. The van der Waals surface area contributed by atoms with Crippen molar-refractivity contribution >= 4 is 48.3 Å². The van der Waals surface area contributed by atoms with Crippen molar-refractivity contribution in [2.24, 2.45) is 0 Å². The van der Waals surface area contributed by atoms with Crippen LogP contribution in [0.15, 0.2) is 85.2 Å². The summed E-state index contributed by atoms with van der Waals surface area (Å²) >= 11 is 0. The highest BCUT2D eigenvalue weighted by atomic mass is 16.4. The Labute approximate surface area is 335 Å². The molecule has 0 spiro atoms. The molecule has 2 unspecified atom stereocenters. The molecule has 58 heavy (non-hydrogen) atoms. The van der Waals surface area contributed by atoms with Crippen molar-refractivity contribution in [3.05, 3.63) is 142 Å². The van der Waals surface area contributed by atoms with Gasteiger partial charge in [-0.15, -0.1) is 0 Å². The van der Waals surface area contributed by atoms with Gasteiger partial charge in [0.1, 0.15) is 23.7 Å². The van der Waals surface area contributed by atoms with Gasteiger partial charge < -0.3 is 40.6 Å². The SMILES string of the molecule is Cc1c(/C=C/c2c[nH]c(C3CCCN3C(=O)C(NC(=O)O)c3ccccc3)n2)ccc(/C=C/c2c[nH]c([C@@H]3CCCN3C(=O)[C@H](NC(=O)O)c3ccccc3)n2)c1C. The average molecular weight is 783 g/mol. The Bertz CT molecular complexity index is 2170. The average Bonchev–Trinajstić information content (AvgIpc) is 4.07. The third kappa shape index (κ3) is 8.70. The molecule has 0 aliphatic carbocycles. The van der Waals surface area contributed by atoms with E-state index in [1.807, 2.05) is 48.8 Å². The molecule has 2 aliphatic rings. The Kier molecular flexibility index (Phi) is 11.8. The first-order valence-corrected chi connectivity index (χ1v) is 19.3. The van der Waals surface area contributed by atoms with Crippen LogP contribution in [-0.2, 0) is 9.59 Å². The van der Waals surface area contributed by atoms with E-state index in [2.05, 4.69) is 46.6 Å². The van der Waals surface area contributed by atoms with E-state index in [-0.39, 0.29) is 23.9 Å².